The smallest absolute Gasteiger partial charge is 0.125 e. The van der Waals surface area contributed by atoms with Crippen molar-refractivity contribution in [2.45, 2.75) is 4.62 Å². The monoisotopic (exact) mass is 314 g/mol. The molecular weight excluding hydrogens is 316 g/mol. The van der Waals surface area contributed by atoms with E-state index >= 15 is 0 Å². The molecule has 0 aliphatic rings. The van der Waals surface area contributed by atoms with Gasteiger partial charge in [0.2, 0.25) is 0 Å². The van der Waals surface area contributed by atoms with E-state index in [4.69, 9.17) is 78.1 Å². The van der Waals surface area contributed by atoms with Gasteiger partial charge in [-0.05, 0) is 0 Å². The predicted molar refractivity (Wildman–Crippen MR) is 56.3 cm³/mol. The van der Waals surface area contributed by atoms with Crippen LogP contribution >= 0.6 is 78.1 Å². The molecule has 0 heterocycles. The molecule has 0 aromatic rings. The summed E-state index contributed by atoms with van der Waals surface area (Å²) >= 11 is 38.5. The van der Waals surface area contributed by atoms with Gasteiger partial charge in [-0.3, -0.25) is 0 Å². The average Bonchev–Trinajstić information content (AvgIpc) is 1.59. The Morgan fingerprint density at radius 3 is 0.900 bits per heavy atom. The molecule has 0 bridgehead atoms. The first kappa shape index (κ1) is 12.5. The zero-order valence-electron chi connectivity index (χ0n) is 4.22. The summed E-state index contributed by atoms with van der Waals surface area (Å²) in [4.78, 5) is 0. The first-order valence-electron chi connectivity index (χ1n) is 1.93. The van der Waals surface area contributed by atoms with E-state index in [1.54, 1.807) is 0 Å². The standard InChI is InChI=1S/CHCl7Si2/c2-1(9(3,4)5)10(6,7)8/h1H. The van der Waals surface area contributed by atoms with Gasteiger partial charge in [0.15, 0.2) is 0 Å². The maximum Gasteiger partial charge on any atom is 0.359 e. The van der Waals surface area contributed by atoms with Crippen molar-refractivity contribution >= 4 is 90.1 Å². The second-order valence-corrected chi connectivity index (χ2v) is 20.7. The fourth-order valence-corrected chi connectivity index (χ4v) is 15.0. The highest BCUT2D eigenvalue weighted by Crippen LogP contribution is 2.39. The fraction of sp³-hybridized carbons (Fsp3) is 1.00. The van der Waals surface area contributed by atoms with Crippen molar-refractivity contribution in [3.8, 4) is 0 Å². The Hall–Kier alpha value is 2.46. The van der Waals surface area contributed by atoms with E-state index in [1.807, 2.05) is 0 Å². The molecule has 0 nitrogen and oxygen atoms in total. The molecule has 0 amide bonds. The van der Waals surface area contributed by atoms with Crippen LogP contribution in [0.15, 0.2) is 0 Å². The van der Waals surface area contributed by atoms with Gasteiger partial charge in [0.05, 0.1) is 0 Å². The molecule has 0 aromatic carbocycles. The number of hydrogen-bond donors (Lipinski definition) is 0. The SMILES string of the molecule is ClC([Si](Cl)(Cl)Cl)[Si](Cl)(Cl)Cl. The van der Waals surface area contributed by atoms with Gasteiger partial charge in [-0.15, -0.1) is 78.1 Å². The van der Waals surface area contributed by atoms with Crippen molar-refractivity contribution < 1.29 is 0 Å². The number of rotatable bonds is 2. The normalized spacial score (nSPS) is 14.4. The van der Waals surface area contributed by atoms with Crippen LogP contribution < -0.4 is 0 Å². The Balaban J connectivity index is 4.23. The van der Waals surface area contributed by atoms with Crippen LogP contribution in [0.5, 0.6) is 0 Å². The molecule has 0 radical (unpaired) electrons. The lowest BCUT2D eigenvalue weighted by molar-refractivity contribution is 1.85. The Morgan fingerprint density at radius 1 is 0.700 bits per heavy atom. The van der Waals surface area contributed by atoms with Crippen LogP contribution in [0.1, 0.15) is 0 Å². The van der Waals surface area contributed by atoms with Crippen molar-refractivity contribution in [3.63, 3.8) is 0 Å². The highest BCUT2D eigenvalue weighted by molar-refractivity contribution is 7.77. The molecule has 10 heavy (non-hydrogen) atoms. The molecule has 0 N–H and O–H groups in total. The summed E-state index contributed by atoms with van der Waals surface area (Å²) in [5.41, 5.74) is 0. The summed E-state index contributed by atoms with van der Waals surface area (Å²) in [5, 5.41) is 0. The third-order valence-corrected chi connectivity index (χ3v) is 15.5. The van der Waals surface area contributed by atoms with E-state index in [0.29, 0.717) is 0 Å². The van der Waals surface area contributed by atoms with Gasteiger partial charge in [0, 0.05) is 0 Å². The lowest BCUT2D eigenvalue weighted by Gasteiger charge is -2.19. The maximum atomic E-state index is 5.56. The van der Waals surface area contributed by atoms with Crippen LogP contribution in [0.2, 0.25) is 0 Å². The summed E-state index contributed by atoms with van der Waals surface area (Å²) in [6.07, 6.45) is 0. The number of alkyl halides is 1. The minimum atomic E-state index is -3.05. The van der Waals surface area contributed by atoms with Gasteiger partial charge in [0.1, 0.15) is 4.62 Å². The molecule has 9 heteroatoms. The first-order valence-corrected chi connectivity index (χ1v) is 12.6. The van der Waals surface area contributed by atoms with E-state index < -0.39 is 16.6 Å². The topological polar surface area (TPSA) is 0 Å². The van der Waals surface area contributed by atoms with E-state index in [0.717, 1.165) is 0 Å². The molecule has 0 spiro atoms. The van der Waals surface area contributed by atoms with E-state index in [2.05, 4.69) is 0 Å². The summed E-state index contributed by atoms with van der Waals surface area (Å²) in [6.45, 7) is 0. The van der Waals surface area contributed by atoms with Crippen LogP contribution in [0.25, 0.3) is 0 Å². The largest absolute Gasteiger partial charge is 0.359 e. The maximum absolute atomic E-state index is 5.56. The van der Waals surface area contributed by atoms with Crippen molar-refractivity contribution in [1.29, 1.82) is 0 Å². The molecule has 0 unspecified atom stereocenters. The molecule has 62 valence electrons. The highest BCUT2D eigenvalue weighted by Gasteiger charge is 2.50. The Labute approximate surface area is 93.9 Å². The zero-order chi connectivity index (χ0) is 8.58. The van der Waals surface area contributed by atoms with Gasteiger partial charge < -0.3 is 0 Å². The molecule has 0 aliphatic carbocycles. The van der Waals surface area contributed by atoms with Crippen LogP contribution in [-0.4, -0.2) is 16.6 Å². The van der Waals surface area contributed by atoms with Crippen molar-refractivity contribution in [1.82, 2.24) is 0 Å². The summed E-state index contributed by atoms with van der Waals surface area (Å²) in [5.74, 6) is 0. The number of halogens is 7. The van der Waals surface area contributed by atoms with Crippen LogP contribution in [0, 0.1) is 0 Å². The van der Waals surface area contributed by atoms with Crippen molar-refractivity contribution in [2.75, 3.05) is 0 Å². The van der Waals surface area contributed by atoms with Crippen molar-refractivity contribution in [2.24, 2.45) is 0 Å². The van der Waals surface area contributed by atoms with Crippen molar-refractivity contribution in [3.05, 3.63) is 0 Å². The third-order valence-electron chi connectivity index (χ3n) is 0.575. The summed E-state index contributed by atoms with van der Waals surface area (Å²) in [7, 11) is 0. The molecule has 0 aromatic heterocycles. The van der Waals surface area contributed by atoms with E-state index in [-0.39, 0.29) is 0 Å². The molecular formula is CHCl7Si2. The zero-order valence-corrected chi connectivity index (χ0v) is 11.5. The van der Waals surface area contributed by atoms with Crippen LogP contribution in [0.4, 0.5) is 0 Å². The van der Waals surface area contributed by atoms with E-state index in [1.165, 1.54) is 0 Å². The van der Waals surface area contributed by atoms with Gasteiger partial charge in [-0.1, -0.05) is 0 Å². The van der Waals surface area contributed by atoms with Gasteiger partial charge in [0.25, 0.3) is 0 Å². The fourth-order valence-electron chi connectivity index (χ4n) is 0.186. The molecule has 0 saturated heterocycles. The lowest BCUT2D eigenvalue weighted by atomic mass is 11.8. The molecule has 0 aliphatic heterocycles. The number of hydrogen-bond acceptors (Lipinski definition) is 0. The molecule has 0 saturated carbocycles. The van der Waals surface area contributed by atoms with Crippen LogP contribution in [0.3, 0.4) is 0 Å². The minimum absolute atomic E-state index is 0.894. The van der Waals surface area contributed by atoms with E-state index in [9.17, 15) is 0 Å². The summed E-state index contributed by atoms with van der Waals surface area (Å²) in [6, 6.07) is -6.10. The first-order chi connectivity index (χ1) is 4.15. The molecule has 0 atom stereocenters. The quantitative estimate of drug-likeness (QED) is 0.410. The minimum Gasteiger partial charge on any atom is -0.125 e. The third kappa shape index (κ3) is 4.48. The Kier molecular flexibility index (Phi) is 5.13. The van der Waals surface area contributed by atoms with Gasteiger partial charge in [-0.25, -0.2) is 0 Å². The summed E-state index contributed by atoms with van der Waals surface area (Å²) < 4.78 is -0.894. The van der Waals surface area contributed by atoms with Crippen LogP contribution in [-0.2, 0) is 0 Å². The lowest BCUT2D eigenvalue weighted by Crippen LogP contribution is -2.41. The average molecular weight is 317 g/mol. The van der Waals surface area contributed by atoms with Gasteiger partial charge >= 0.3 is 12.0 Å². The Morgan fingerprint density at radius 2 is 0.900 bits per heavy atom. The second kappa shape index (κ2) is 4.12. The molecule has 0 rings (SSSR count). The van der Waals surface area contributed by atoms with Gasteiger partial charge in [-0.2, -0.15) is 0 Å². The second-order valence-electron chi connectivity index (χ2n) is 1.45. The predicted octanol–water partition coefficient (Wildman–Crippen LogP) is 3.98. The Bertz CT molecular complexity index is 95.8. The molecule has 0 fully saturated rings. The highest BCUT2D eigenvalue weighted by atomic mass is 35.9.